The predicted octanol–water partition coefficient (Wildman–Crippen LogP) is 0.929. The van der Waals surface area contributed by atoms with Gasteiger partial charge in [0, 0.05) is 20.1 Å². The Labute approximate surface area is 109 Å². The normalized spacial score (nSPS) is 21.8. The summed E-state index contributed by atoms with van der Waals surface area (Å²) in [4.78, 5) is 25.9. The highest BCUT2D eigenvalue weighted by Crippen LogP contribution is 2.20. The number of rotatable bonds is 5. The van der Waals surface area contributed by atoms with E-state index < -0.39 is 0 Å². The van der Waals surface area contributed by atoms with Crippen molar-refractivity contribution in [2.45, 2.75) is 51.6 Å². The third kappa shape index (κ3) is 3.45. The van der Waals surface area contributed by atoms with E-state index in [0.29, 0.717) is 26.0 Å². The van der Waals surface area contributed by atoms with E-state index in [9.17, 15) is 9.59 Å². The van der Waals surface area contributed by atoms with Crippen LogP contribution in [0.15, 0.2) is 0 Å². The molecular formula is C13H24N2O3. The molecule has 0 aromatic carbocycles. The van der Waals surface area contributed by atoms with E-state index in [0.717, 1.165) is 6.42 Å². The predicted molar refractivity (Wildman–Crippen MR) is 69.1 cm³/mol. The molecule has 1 rings (SSSR count). The maximum absolute atomic E-state index is 12.5. The van der Waals surface area contributed by atoms with Crippen molar-refractivity contribution in [2.75, 3.05) is 20.3 Å². The Kier molecular flexibility index (Phi) is 5.14. The number of nitrogens with one attached hydrogen (secondary N) is 1. The zero-order chi connectivity index (χ0) is 13.8. The second-order valence-corrected chi connectivity index (χ2v) is 5.39. The van der Waals surface area contributed by atoms with Gasteiger partial charge in [0.1, 0.15) is 6.04 Å². The lowest BCUT2D eigenvalue weighted by molar-refractivity contribution is -0.140. The minimum absolute atomic E-state index is 0.00440. The molecule has 0 aromatic rings. The second kappa shape index (κ2) is 6.18. The molecule has 1 N–H and O–H groups in total. The number of methoxy groups -OCH3 is 1. The minimum Gasteiger partial charge on any atom is -0.382 e. The second-order valence-electron chi connectivity index (χ2n) is 5.39. The third-order valence-electron chi connectivity index (χ3n) is 3.27. The average molecular weight is 256 g/mol. The molecule has 1 unspecified atom stereocenters. The van der Waals surface area contributed by atoms with Crippen molar-refractivity contribution in [1.29, 1.82) is 0 Å². The highest BCUT2D eigenvalue weighted by Gasteiger charge is 2.37. The first kappa shape index (κ1) is 15.0. The van der Waals surface area contributed by atoms with E-state index in [2.05, 4.69) is 5.32 Å². The molecule has 0 saturated carbocycles. The molecule has 5 nitrogen and oxygen atoms in total. The van der Waals surface area contributed by atoms with E-state index in [4.69, 9.17) is 4.74 Å². The zero-order valence-electron chi connectivity index (χ0n) is 11.8. The fraction of sp³-hybridized carbons (Fsp3) is 0.846. The van der Waals surface area contributed by atoms with Crippen molar-refractivity contribution in [3.8, 4) is 0 Å². The van der Waals surface area contributed by atoms with Crippen LogP contribution < -0.4 is 5.32 Å². The topological polar surface area (TPSA) is 58.6 Å². The Morgan fingerprint density at radius 1 is 1.44 bits per heavy atom. The lowest BCUT2D eigenvalue weighted by atomic mass is 10.0. The average Bonchev–Trinajstić information content (AvgIpc) is 2.40. The standard InChI is InChI=1S/C13H24N2O3/c1-5-6-10-12(17)15(8-7-11(16)14-10)13(2,3)9-18-4/h10H,5-9H2,1-4H3,(H,14,16). The van der Waals surface area contributed by atoms with Crippen LogP contribution in [0.1, 0.15) is 40.0 Å². The van der Waals surface area contributed by atoms with Crippen molar-refractivity contribution in [3.63, 3.8) is 0 Å². The molecule has 5 heteroatoms. The summed E-state index contributed by atoms with van der Waals surface area (Å²) in [5.74, 6) is -0.0396. The fourth-order valence-corrected chi connectivity index (χ4v) is 2.36. The van der Waals surface area contributed by atoms with Gasteiger partial charge >= 0.3 is 0 Å². The summed E-state index contributed by atoms with van der Waals surface area (Å²) in [5.41, 5.74) is -0.385. The van der Waals surface area contributed by atoms with E-state index >= 15 is 0 Å². The van der Waals surface area contributed by atoms with Gasteiger partial charge in [0.25, 0.3) is 0 Å². The van der Waals surface area contributed by atoms with Crippen LogP contribution in [0.5, 0.6) is 0 Å². The molecule has 0 bridgehead atoms. The molecule has 1 aliphatic rings. The Bertz CT molecular complexity index is 315. The Balaban J connectivity index is 2.89. The van der Waals surface area contributed by atoms with Gasteiger partial charge in [-0.15, -0.1) is 0 Å². The molecule has 0 aliphatic carbocycles. The van der Waals surface area contributed by atoms with Crippen LogP contribution in [0, 0.1) is 0 Å². The maximum atomic E-state index is 12.5. The molecule has 2 amide bonds. The zero-order valence-corrected chi connectivity index (χ0v) is 11.8. The first-order chi connectivity index (χ1) is 8.42. The molecule has 104 valence electrons. The third-order valence-corrected chi connectivity index (χ3v) is 3.27. The Morgan fingerprint density at radius 3 is 2.67 bits per heavy atom. The number of hydrogen-bond acceptors (Lipinski definition) is 3. The summed E-state index contributed by atoms with van der Waals surface area (Å²) < 4.78 is 5.17. The molecule has 1 heterocycles. The van der Waals surface area contributed by atoms with Gasteiger partial charge in [-0.25, -0.2) is 0 Å². The van der Waals surface area contributed by atoms with Crippen LogP contribution in [0.25, 0.3) is 0 Å². The first-order valence-electron chi connectivity index (χ1n) is 6.52. The van der Waals surface area contributed by atoms with Gasteiger partial charge in [-0.05, 0) is 20.3 Å². The molecule has 0 radical (unpaired) electrons. The van der Waals surface area contributed by atoms with Gasteiger partial charge in [0.2, 0.25) is 11.8 Å². The van der Waals surface area contributed by atoms with Crippen LogP contribution >= 0.6 is 0 Å². The largest absolute Gasteiger partial charge is 0.382 e. The van der Waals surface area contributed by atoms with Crippen LogP contribution in [-0.2, 0) is 14.3 Å². The Hall–Kier alpha value is -1.10. The summed E-state index contributed by atoms with van der Waals surface area (Å²) in [6, 6.07) is -0.388. The minimum atomic E-state index is -0.388. The van der Waals surface area contributed by atoms with Crippen LogP contribution in [-0.4, -0.2) is 48.6 Å². The van der Waals surface area contributed by atoms with E-state index in [1.807, 2.05) is 20.8 Å². The SMILES string of the molecule is CCCC1NC(=O)CCN(C(C)(C)COC)C1=O. The van der Waals surface area contributed by atoms with Crippen LogP contribution in [0.3, 0.4) is 0 Å². The van der Waals surface area contributed by atoms with Gasteiger partial charge in [0.15, 0.2) is 0 Å². The molecular weight excluding hydrogens is 232 g/mol. The summed E-state index contributed by atoms with van der Waals surface area (Å²) in [6.45, 7) is 6.86. The molecule has 0 aromatic heterocycles. The van der Waals surface area contributed by atoms with Gasteiger partial charge in [0.05, 0.1) is 12.1 Å². The fourth-order valence-electron chi connectivity index (χ4n) is 2.36. The van der Waals surface area contributed by atoms with Gasteiger partial charge in [-0.2, -0.15) is 0 Å². The molecule has 18 heavy (non-hydrogen) atoms. The van der Waals surface area contributed by atoms with Crippen molar-refractivity contribution >= 4 is 11.8 Å². The van der Waals surface area contributed by atoms with Crippen LogP contribution in [0.4, 0.5) is 0 Å². The monoisotopic (exact) mass is 256 g/mol. The number of ether oxygens (including phenoxy) is 1. The molecule has 1 fully saturated rings. The highest BCUT2D eigenvalue weighted by atomic mass is 16.5. The number of nitrogens with zero attached hydrogens (tertiary/aromatic N) is 1. The lowest BCUT2D eigenvalue weighted by Crippen LogP contribution is -2.54. The summed E-state index contributed by atoms with van der Waals surface area (Å²) in [7, 11) is 1.62. The lowest BCUT2D eigenvalue weighted by Gasteiger charge is -2.38. The first-order valence-corrected chi connectivity index (χ1v) is 6.52. The molecule has 1 saturated heterocycles. The van der Waals surface area contributed by atoms with E-state index in [-0.39, 0.29) is 23.4 Å². The van der Waals surface area contributed by atoms with Crippen LogP contribution in [0.2, 0.25) is 0 Å². The van der Waals surface area contributed by atoms with Gasteiger partial charge < -0.3 is 15.0 Å². The molecule has 1 atom stereocenters. The summed E-state index contributed by atoms with van der Waals surface area (Å²) >= 11 is 0. The van der Waals surface area contributed by atoms with Gasteiger partial charge in [-0.1, -0.05) is 13.3 Å². The van der Waals surface area contributed by atoms with Crippen molar-refractivity contribution in [3.05, 3.63) is 0 Å². The maximum Gasteiger partial charge on any atom is 0.245 e. The Morgan fingerprint density at radius 2 is 2.11 bits per heavy atom. The summed E-state index contributed by atoms with van der Waals surface area (Å²) in [5, 5.41) is 2.80. The van der Waals surface area contributed by atoms with E-state index in [1.54, 1.807) is 12.0 Å². The molecule has 1 aliphatic heterocycles. The number of hydrogen-bond donors (Lipinski definition) is 1. The number of amides is 2. The van der Waals surface area contributed by atoms with Crippen molar-refractivity contribution < 1.29 is 14.3 Å². The summed E-state index contributed by atoms with van der Waals surface area (Å²) in [6.07, 6.45) is 1.92. The number of carbonyl (C=O) groups is 2. The quantitative estimate of drug-likeness (QED) is 0.796. The van der Waals surface area contributed by atoms with E-state index in [1.165, 1.54) is 0 Å². The van der Waals surface area contributed by atoms with Gasteiger partial charge in [-0.3, -0.25) is 9.59 Å². The smallest absolute Gasteiger partial charge is 0.245 e. The van der Waals surface area contributed by atoms with Crippen molar-refractivity contribution in [2.24, 2.45) is 0 Å². The highest BCUT2D eigenvalue weighted by molar-refractivity contribution is 5.90. The van der Waals surface area contributed by atoms with Crippen molar-refractivity contribution in [1.82, 2.24) is 10.2 Å². The molecule has 0 spiro atoms. The number of carbonyl (C=O) groups excluding carboxylic acids is 2.